The Morgan fingerprint density at radius 2 is 2.00 bits per heavy atom. The minimum atomic E-state index is -1.01. The molecule has 3 nitrogen and oxygen atoms in total. The van der Waals surface area contributed by atoms with Crippen molar-refractivity contribution in [2.24, 2.45) is 0 Å². The molecule has 1 N–H and O–H groups in total. The molecule has 1 aromatic carbocycles. The molecule has 0 saturated carbocycles. The summed E-state index contributed by atoms with van der Waals surface area (Å²) in [5.74, 6) is -0.0567. The smallest absolute Gasteiger partial charge is 0.263 e. The lowest BCUT2D eigenvalue weighted by Gasteiger charge is -2.25. The molecule has 0 saturated heterocycles. The van der Waals surface area contributed by atoms with Crippen molar-refractivity contribution >= 4 is 17.2 Å². The molecule has 2 rings (SSSR count). The summed E-state index contributed by atoms with van der Waals surface area (Å²) < 4.78 is 18.5. The van der Waals surface area contributed by atoms with E-state index in [1.807, 2.05) is 17.5 Å². The molecule has 0 spiro atoms. The van der Waals surface area contributed by atoms with Gasteiger partial charge in [0.25, 0.3) is 5.91 Å². The van der Waals surface area contributed by atoms with Gasteiger partial charge < -0.3 is 10.1 Å². The fourth-order valence-electron chi connectivity index (χ4n) is 1.81. The number of ether oxygens (including phenoxy) is 1. The summed E-state index contributed by atoms with van der Waals surface area (Å²) in [4.78, 5) is 13.4. The van der Waals surface area contributed by atoms with Crippen LogP contribution in [0, 0.1) is 5.82 Å². The van der Waals surface area contributed by atoms with Crippen LogP contribution in [0.1, 0.15) is 18.7 Å². The summed E-state index contributed by atoms with van der Waals surface area (Å²) in [6, 6.07) is 9.66. The molecule has 0 bridgehead atoms. The molecule has 21 heavy (non-hydrogen) atoms. The van der Waals surface area contributed by atoms with Gasteiger partial charge in [-0.05, 0) is 56.0 Å². The number of carbonyl (C=O) groups is 1. The third-order valence-corrected chi connectivity index (χ3v) is 3.91. The SMILES string of the molecule is CC(C)(Oc1ccc(F)cc1)C(=O)NCCc1cccs1. The van der Waals surface area contributed by atoms with Gasteiger partial charge in [0, 0.05) is 11.4 Å². The first kappa shape index (κ1) is 15.5. The first-order valence-electron chi connectivity index (χ1n) is 6.72. The van der Waals surface area contributed by atoms with Gasteiger partial charge in [-0.3, -0.25) is 4.79 Å². The Morgan fingerprint density at radius 1 is 1.29 bits per heavy atom. The number of amides is 1. The first-order chi connectivity index (χ1) is 9.97. The molecule has 0 atom stereocenters. The molecule has 0 unspecified atom stereocenters. The van der Waals surface area contributed by atoms with E-state index in [1.54, 1.807) is 25.2 Å². The number of nitrogens with one attached hydrogen (secondary N) is 1. The van der Waals surface area contributed by atoms with E-state index in [1.165, 1.54) is 29.1 Å². The Kier molecular flexibility index (Phi) is 4.96. The summed E-state index contributed by atoms with van der Waals surface area (Å²) in [5.41, 5.74) is -1.01. The van der Waals surface area contributed by atoms with Crippen LogP contribution in [0.5, 0.6) is 5.75 Å². The Labute approximate surface area is 127 Å². The second-order valence-electron chi connectivity index (χ2n) is 5.15. The maximum Gasteiger partial charge on any atom is 0.263 e. The van der Waals surface area contributed by atoms with Crippen LogP contribution in [0.3, 0.4) is 0 Å². The zero-order valence-corrected chi connectivity index (χ0v) is 12.9. The highest BCUT2D eigenvalue weighted by molar-refractivity contribution is 7.09. The van der Waals surface area contributed by atoms with E-state index in [2.05, 4.69) is 5.32 Å². The van der Waals surface area contributed by atoms with Gasteiger partial charge in [0.1, 0.15) is 11.6 Å². The predicted molar refractivity (Wildman–Crippen MR) is 82.1 cm³/mol. The maximum atomic E-state index is 12.8. The quantitative estimate of drug-likeness (QED) is 0.888. The van der Waals surface area contributed by atoms with Crippen LogP contribution < -0.4 is 10.1 Å². The van der Waals surface area contributed by atoms with Gasteiger partial charge in [-0.1, -0.05) is 6.07 Å². The molecule has 2 aromatic rings. The van der Waals surface area contributed by atoms with Crippen molar-refractivity contribution in [1.29, 1.82) is 0 Å². The Bertz CT molecular complexity index is 579. The van der Waals surface area contributed by atoms with Crippen molar-refractivity contribution < 1.29 is 13.9 Å². The van der Waals surface area contributed by atoms with Crippen molar-refractivity contribution in [1.82, 2.24) is 5.32 Å². The molecular weight excluding hydrogens is 289 g/mol. The topological polar surface area (TPSA) is 38.3 Å². The Morgan fingerprint density at radius 3 is 2.62 bits per heavy atom. The summed E-state index contributed by atoms with van der Waals surface area (Å²) >= 11 is 1.67. The molecule has 1 amide bonds. The van der Waals surface area contributed by atoms with Gasteiger partial charge >= 0.3 is 0 Å². The van der Waals surface area contributed by atoms with Gasteiger partial charge in [-0.15, -0.1) is 11.3 Å². The molecule has 5 heteroatoms. The lowest BCUT2D eigenvalue weighted by molar-refractivity contribution is -0.134. The van der Waals surface area contributed by atoms with Gasteiger partial charge in [0.05, 0.1) is 0 Å². The number of thiophene rings is 1. The normalized spacial score (nSPS) is 11.2. The lowest BCUT2D eigenvalue weighted by atomic mass is 10.1. The van der Waals surface area contributed by atoms with E-state index in [9.17, 15) is 9.18 Å². The number of halogens is 1. The van der Waals surface area contributed by atoms with Crippen LogP contribution in [-0.4, -0.2) is 18.1 Å². The molecule has 0 aliphatic rings. The maximum absolute atomic E-state index is 12.8. The molecule has 0 radical (unpaired) electrons. The third kappa shape index (κ3) is 4.56. The number of hydrogen-bond donors (Lipinski definition) is 1. The number of hydrogen-bond acceptors (Lipinski definition) is 3. The van der Waals surface area contributed by atoms with Gasteiger partial charge in [-0.2, -0.15) is 0 Å². The average molecular weight is 307 g/mol. The fraction of sp³-hybridized carbons (Fsp3) is 0.312. The highest BCUT2D eigenvalue weighted by atomic mass is 32.1. The van der Waals surface area contributed by atoms with Crippen LogP contribution in [0.25, 0.3) is 0 Å². The third-order valence-electron chi connectivity index (χ3n) is 2.97. The summed E-state index contributed by atoms with van der Waals surface area (Å²) in [7, 11) is 0. The summed E-state index contributed by atoms with van der Waals surface area (Å²) in [5, 5.41) is 4.87. The van der Waals surface area contributed by atoms with Crippen LogP contribution in [-0.2, 0) is 11.2 Å². The van der Waals surface area contributed by atoms with Crippen LogP contribution >= 0.6 is 11.3 Å². The highest BCUT2D eigenvalue weighted by Crippen LogP contribution is 2.19. The van der Waals surface area contributed by atoms with Gasteiger partial charge in [0.15, 0.2) is 5.60 Å². The van der Waals surface area contributed by atoms with E-state index in [4.69, 9.17) is 4.74 Å². The molecular formula is C16H18FNO2S. The van der Waals surface area contributed by atoms with Crippen molar-refractivity contribution in [3.8, 4) is 5.75 Å². The molecule has 1 aromatic heterocycles. The van der Waals surface area contributed by atoms with Gasteiger partial charge in [0.2, 0.25) is 0 Å². The minimum Gasteiger partial charge on any atom is -0.478 e. The minimum absolute atomic E-state index is 0.191. The molecule has 0 aliphatic heterocycles. The molecule has 0 aliphatic carbocycles. The van der Waals surface area contributed by atoms with E-state index >= 15 is 0 Å². The first-order valence-corrected chi connectivity index (χ1v) is 7.60. The summed E-state index contributed by atoms with van der Waals surface area (Å²) in [6.45, 7) is 3.95. The van der Waals surface area contributed by atoms with Crippen molar-refractivity contribution in [3.05, 3.63) is 52.5 Å². The zero-order valence-electron chi connectivity index (χ0n) is 12.1. The van der Waals surface area contributed by atoms with E-state index in [0.29, 0.717) is 12.3 Å². The number of benzene rings is 1. The molecule has 0 fully saturated rings. The zero-order chi connectivity index (χ0) is 15.3. The highest BCUT2D eigenvalue weighted by Gasteiger charge is 2.29. The standard InChI is InChI=1S/C16H18FNO2S/c1-16(2,20-13-7-5-12(17)6-8-13)15(19)18-10-9-14-4-3-11-21-14/h3-8,11H,9-10H2,1-2H3,(H,18,19). The van der Waals surface area contributed by atoms with Crippen LogP contribution in [0.4, 0.5) is 4.39 Å². The van der Waals surface area contributed by atoms with Crippen LogP contribution in [0.2, 0.25) is 0 Å². The van der Waals surface area contributed by atoms with Crippen molar-refractivity contribution in [3.63, 3.8) is 0 Å². The second kappa shape index (κ2) is 6.72. The monoisotopic (exact) mass is 307 g/mol. The predicted octanol–water partition coefficient (Wildman–Crippen LogP) is 3.40. The second-order valence-corrected chi connectivity index (χ2v) is 6.18. The van der Waals surface area contributed by atoms with E-state index in [0.717, 1.165) is 6.42 Å². The van der Waals surface area contributed by atoms with E-state index < -0.39 is 5.60 Å². The van der Waals surface area contributed by atoms with Crippen molar-refractivity contribution in [2.45, 2.75) is 25.9 Å². The Balaban J connectivity index is 1.85. The lowest BCUT2D eigenvalue weighted by Crippen LogP contribution is -2.47. The molecule has 1 heterocycles. The van der Waals surface area contributed by atoms with Gasteiger partial charge in [-0.25, -0.2) is 4.39 Å². The average Bonchev–Trinajstić information content (AvgIpc) is 2.94. The molecule has 112 valence electrons. The number of carbonyl (C=O) groups excluding carboxylic acids is 1. The summed E-state index contributed by atoms with van der Waals surface area (Å²) in [6.07, 6.45) is 0.802. The van der Waals surface area contributed by atoms with Crippen LogP contribution in [0.15, 0.2) is 41.8 Å². The largest absolute Gasteiger partial charge is 0.478 e. The van der Waals surface area contributed by atoms with E-state index in [-0.39, 0.29) is 11.7 Å². The number of rotatable bonds is 6. The fourth-order valence-corrected chi connectivity index (χ4v) is 2.52. The van der Waals surface area contributed by atoms with Crippen molar-refractivity contribution in [2.75, 3.05) is 6.54 Å². The Hall–Kier alpha value is -1.88.